The minimum Gasteiger partial charge on any atom is -0.382 e. The summed E-state index contributed by atoms with van der Waals surface area (Å²) in [5, 5.41) is 8.21. The number of nitrogens with two attached hydrogens (primary N) is 1. The fourth-order valence-electron chi connectivity index (χ4n) is 0.298. The van der Waals surface area contributed by atoms with E-state index in [4.69, 9.17) is 10.8 Å². The standard InChI is InChI=1S/C4H8F3NO/c1-2(8)3(9)4(5,6)7/h2-3,9H,8H2,1H3/t2-,3+/m1/s1. The third-order valence-electron chi connectivity index (χ3n) is 0.833. The Morgan fingerprint density at radius 3 is 1.78 bits per heavy atom. The Bertz CT molecular complexity index is 90.3. The quantitative estimate of drug-likeness (QED) is 0.553. The number of halogens is 3. The van der Waals surface area contributed by atoms with E-state index in [1.807, 2.05) is 0 Å². The summed E-state index contributed by atoms with van der Waals surface area (Å²) < 4.78 is 34.1. The number of rotatable bonds is 1. The molecule has 2 atom stereocenters. The summed E-state index contributed by atoms with van der Waals surface area (Å²) in [4.78, 5) is 0. The molecule has 3 N–H and O–H groups in total. The van der Waals surface area contributed by atoms with Crippen molar-refractivity contribution in [3.8, 4) is 0 Å². The van der Waals surface area contributed by atoms with Crippen molar-refractivity contribution >= 4 is 0 Å². The van der Waals surface area contributed by atoms with Gasteiger partial charge in [-0.1, -0.05) is 0 Å². The van der Waals surface area contributed by atoms with Crippen LogP contribution in [0.15, 0.2) is 0 Å². The zero-order valence-electron chi connectivity index (χ0n) is 4.81. The lowest BCUT2D eigenvalue weighted by molar-refractivity contribution is -0.208. The van der Waals surface area contributed by atoms with Crippen LogP contribution in [0.1, 0.15) is 6.92 Å². The number of aliphatic hydroxyl groups is 1. The highest BCUT2D eigenvalue weighted by Crippen LogP contribution is 2.21. The van der Waals surface area contributed by atoms with Crippen LogP contribution >= 0.6 is 0 Å². The first-order chi connectivity index (χ1) is 3.85. The van der Waals surface area contributed by atoms with Crippen LogP contribution in [0.25, 0.3) is 0 Å². The molecular weight excluding hydrogens is 135 g/mol. The van der Waals surface area contributed by atoms with Crippen LogP contribution in [0.3, 0.4) is 0 Å². The first-order valence-corrected chi connectivity index (χ1v) is 2.36. The second kappa shape index (κ2) is 2.53. The molecule has 56 valence electrons. The Hall–Kier alpha value is -0.290. The Morgan fingerprint density at radius 1 is 1.44 bits per heavy atom. The van der Waals surface area contributed by atoms with Crippen molar-refractivity contribution in [2.45, 2.75) is 25.2 Å². The van der Waals surface area contributed by atoms with Crippen molar-refractivity contribution < 1.29 is 18.3 Å². The average Bonchev–Trinajstić information content (AvgIpc) is 1.62. The van der Waals surface area contributed by atoms with Gasteiger partial charge >= 0.3 is 6.18 Å². The van der Waals surface area contributed by atoms with E-state index in [9.17, 15) is 13.2 Å². The van der Waals surface area contributed by atoms with Crippen molar-refractivity contribution in [2.75, 3.05) is 0 Å². The van der Waals surface area contributed by atoms with Gasteiger partial charge in [0.05, 0.1) is 0 Å². The maximum absolute atomic E-state index is 11.4. The van der Waals surface area contributed by atoms with E-state index in [1.165, 1.54) is 0 Å². The van der Waals surface area contributed by atoms with Gasteiger partial charge in [-0.25, -0.2) is 0 Å². The Balaban J connectivity index is 3.88. The first-order valence-electron chi connectivity index (χ1n) is 2.36. The Kier molecular flexibility index (Phi) is 2.45. The summed E-state index contributed by atoms with van der Waals surface area (Å²) in [6, 6.07) is -1.26. The highest BCUT2D eigenvalue weighted by molar-refractivity contribution is 4.73. The van der Waals surface area contributed by atoms with Crippen molar-refractivity contribution in [1.82, 2.24) is 0 Å². The Labute approximate surface area is 50.5 Å². The predicted molar refractivity (Wildman–Crippen MR) is 25.7 cm³/mol. The molecule has 2 nitrogen and oxygen atoms in total. The van der Waals surface area contributed by atoms with Gasteiger partial charge in [0, 0.05) is 6.04 Å². The van der Waals surface area contributed by atoms with Crippen LogP contribution in [0.4, 0.5) is 13.2 Å². The van der Waals surface area contributed by atoms with Crippen molar-refractivity contribution in [3.63, 3.8) is 0 Å². The van der Waals surface area contributed by atoms with Crippen molar-refractivity contribution in [2.24, 2.45) is 5.73 Å². The minimum absolute atomic E-state index is 1.10. The summed E-state index contributed by atoms with van der Waals surface area (Å²) in [7, 11) is 0. The maximum Gasteiger partial charge on any atom is 0.415 e. The fraction of sp³-hybridized carbons (Fsp3) is 1.00. The monoisotopic (exact) mass is 143 g/mol. The molecular formula is C4H8F3NO. The van der Waals surface area contributed by atoms with E-state index >= 15 is 0 Å². The summed E-state index contributed by atoms with van der Waals surface area (Å²) in [5.41, 5.74) is 4.75. The highest BCUT2D eigenvalue weighted by atomic mass is 19.4. The van der Waals surface area contributed by atoms with Gasteiger partial charge < -0.3 is 10.8 Å². The fourth-order valence-corrected chi connectivity index (χ4v) is 0.298. The van der Waals surface area contributed by atoms with E-state index in [0.29, 0.717) is 0 Å². The molecule has 0 aliphatic heterocycles. The van der Waals surface area contributed by atoms with Crippen LogP contribution < -0.4 is 5.73 Å². The van der Waals surface area contributed by atoms with Crippen molar-refractivity contribution in [1.29, 1.82) is 0 Å². The van der Waals surface area contributed by atoms with Gasteiger partial charge in [-0.3, -0.25) is 0 Å². The number of hydrogen-bond donors (Lipinski definition) is 2. The largest absolute Gasteiger partial charge is 0.415 e. The summed E-state index contributed by atoms with van der Waals surface area (Å²) in [6.45, 7) is 1.10. The minimum atomic E-state index is -4.59. The topological polar surface area (TPSA) is 46.2 Å². The van der Waals surface area contributed by atoms with Gasteiger partial charge in [-0.2, -0.15) is 13.2 Å². The molecule has 0 heterocycles. The number of aliphatic hydroxyl groups excluding tert-OH is 1. The third kappa shape index (κ3) is 2.67. The van der Waals surface area contributed by atoms with E-state index in [2.05, 4.69) is 0 Å². The van der Waals surface area contributed by atoms with Crippen molar-refractivity contribution in [3.05, 3.63) is 0 Å². The second-order valence-electron chi connectivity index (χ2n) is 1.85. The van der Waals surface area contributed by atoms with Gasteiger partial charge in [0.15, 0.2) is 6.10 Å². The zero-order valence-corrected chi connectivity index (χ0v) is 4.81. The van der Waals surface area contributed by atoms with Gasteiger partial charge in [0.1, 0.15) is 0 Å². The molecule has 0 radical (unpaired) electrons. The average molecular weight is 143 g/mol. The lowest BCUT2D eigenvalue weighted by atomic mass is 10.2. The normalized spacial score (nSPS) is 19.3. The molecule has 0 aromatic rings. The van der Waals surface area contributed by atoms with Gasteiger partial charge in [-0.05, 0) is 6.92 Å². The van der Waals surface area contributed by atoms with E-state index in [1.54, 1.807) is 0 Å². The molecule has 5 heteroatoms. The molecule has 0 saturated carbocycles. The van der Waals surface area contributed by atoms with Crippen LogP contribution in [0.5, 0.6) is 0 Å². The molecule has 0 aromatic heterocycles. The Morgan fingerprint density at radius 2 is 1.78 bits per heavy atom. The summed E-state index contributed by atoms with van der Waals surface area (Å²) >= 11 is 0. The predicted octanol–water partition coefficient (Wildman–Crippen LogP) is 0.257. The number of hydrogen-bond acceptors (Lipinski definition) is 2. The smallest absolute Gasteiger partial charge is 0.382 e. The lowest BCUT2D eigenvalue weighted by Crippen LogP contribution is -2.42. The van der Waals surface area contributed by atoms with Crippen LogP contribution in [-0.2, 0) is 0 Å². The molecule has 0 unspecified atom stereocenters. The molecule has 0 bridgehead atoms. The number of alkyl halides is 3. The molecule has 0 aromatic carbocycles. The molecule has 0 fully saturated rings. The SMILES string of the molecule is C[C@@H](N)[C@H](O)C(F)(F)F. The van der Waals surface area contributed by atoms with E-state index in [-0.39, 0.29) is 0 Å². The van der Waals surface area contributed by atoms with Gasteiger partial charge in [0.25, 0.3) is 0 Å². The molecule has 0 amide bonds. The van der Waals surface area contributed by atoms with E-state index in [0.717, 1.165) is 6.92 Å². The highest BCUT2D eigenvalue weighted by Gasteiger charge is 2.40. The van der Waals surface area contributed by atoms with Gasteiger partial charge in [0.2, 0.25) is 0 Å². The maximum atomic E-state index is 11.4. The molecule has 9 heavy (non-hydrogen) atoms. The third-order valence-corrected chi connectivity index (χ3v) is 0.833. The van der Waals surface area contributed by atoms with Gasteiger partial charge in [-0.15, -0.1) is 0 Å². The molecule has 0 aliphatic carbocycles. The first kappa shape index (κ1) is 8.71. The molecule has 0 spiro atoms. The summed E-state index contributed by atoms with van der Waals surface area (Å²) in [5.74, 6) is 0. The zero-order chi connectivity index (χ0) is 7.65. The van der Waals surface area contributed by atoms with E-state index < -0.39 is 18.3 Å². The molecule has 0 saturated heterocycles. The summed E-state index contributed by atoms with van der Waals surface area (Å²) in [6.07, 6.45) is -6.99. The molecule has 0 rings (SSSR count). The molecule has 0 aliphatic rings. The van der Waals surface area contributed by atoms with Crippen LogP contribution in [-0.4, -0.2) is 23.4 Å². The second-order valence-corrected chi connectivity index (χ2v) is 1.85. The lowest BCUT2D eigenvalue weighted by Gasteiger charge is -2.16. The van der Waals surface area contributed by atoms with Crippen LogP contribution in [0, 0.1) is 0 Å². The van der Waals surface area contributed by atoms with Crippen LogP contribution in [0.2, 0.25) is 0 Å².